The van der Waals surface area contributed by atoms with Gasteiger partial charge in [-0.2, -0.15) is 0 Å². The Bertz CT molecular complexity index is 237. The van der Waals surface area contributed by atoms with Gasteiger partial charge < -0.3 is 10.2 Å². The molecule has 0 aliphatic carbocycles. The minimum atomic E-state index is -0.693. The summed E-state index contributed by atoms with van der Waals surface area (Å²) in [5.74, 6) is 0. The molecule has 1 aromatic rings. The van der Waals surface area contributed by atoms with Crippen LogP contribution < -0.4 is 5.32 Å². The maximum absolute atomic E-state index is 10.6. The van der Waals surface area contributed by atoms with Crippen molar-refractivity contribution >= 4 is 20.1 Å². The lowest BCUT2D eigenvalue weighted by Crippen LogP contribution is -2.01. The van der Waals surface area contributed by atoms with E-state index in [0.29, 0.717) is 5.69 Å². The maximum Gasteiger partial charge on any atom is 0.269 e. The molecule has 1 unspecified atom stereocenters. The Kier molecular flexibility index (Phi) is 3.02. The van der Waals surface area contributed by atoms with E-state index in [1.165, 1.54) is 0 Å². The highest BCUT2D eigenvalue weighted by Gasteiger charge is 1.96. The van der Waals surface area contributed by atoms with Gasteiger partial charge in [0.2, 0.25) is 0 Å². The first kappa shape index (κ1) is 8.18. The van der Waals surface area contributed by atoms with Crippen LogP contribution in [0.4, 0.5) is 10.5 Å². The Morgan fingerprint density at radius 1 is 1.36 bits per heavy atom. The van der Waals surface area contributed by atoms with Crippen molar-refractivity contribution in [1.29, 1.82) is 0 Å². The molecule has 1 aromatic carbocycles. The van der Waals surface area contributed by atoms with Crippen LogP contribution in [0.3, 0.4) is 0 Å². The van der Waals surface area contributed by atoms with Gasteiger partial charge in [-0.3, -0.25) is 4.79 Å². The number of para-hydroxylation sites is 1. The Hall–Kier alpha value is -0.920. The molecule has 1 rings (SSSR count). The highest BCUT2D eigenvalue weighted by Crippen LogP contribution is 2.11. The lowest BCUT2D eigenvalue weighted by Gasteiger charge is -2.00. The molecular weight excluding hydrogens is 161 g/mol. The average molecular weight is 169 g/mol. The predicted molar refractivity (Wildman–Crippen MR) is 46.0 cm³/mol. The molecule has 1 amide bonds. The summed E-state index contributed by atoms with van der Waals surface area (Å²) in [6.07, 6.45) is 0. The number of nitrogens with one attached hydrogen (secondary N) is 1. The molecule has 58 valence electrons. The zero-order valence-electron chi connectivity index (χ0n) is 5.74. The van der Waals surface area contributed by atoms with Crippen molar-refractivity contribution in [3.05, 3.63) is 30.3 Å². The van der Waals surface area contributed by atoms with Crippen molar-refractivity contribution in [2.24, 2.45) is 0 Å². The van der Waals surface area contributed by atoms with E-state index in [4.69, 9.17) is 4.89 Å². The summed E-state index contributed by atoms with van der Waals surface area (Å²) in [5, 5.41) is 2.51. The van der Waals surface area contributed by atoms with Gasteiger partial charge in [0.05, 0.1) is 0 Å². The van der Waals surface area contributed by atoms with E-state index in [2.05, 4.69) is 5.32 Å². The van der Waals surface area contributed by atoms with Gasteiger partial charge in [0.25, 0.3) is 5.65 Å². The lowest BCUT2D eigenvalue weighted by molar-refractivity contribution is 0.268. The van der Waals surface area contributed by atoms with Gasteiger partial charge in [0, 0.05) is 5.69 Å². The van der Waals surface area contributed by atoms with E-state index in [9.17, 15) is 4.79 Å². The third kappa shape index (κ3) is 2.66. The number of amides is 1. The molecule has 0 saturated heterocycles. The number of hydrogen-bond acceptors (Lipinski definition) is 2. The zero-order valence-corrected chi connectivity index (χ0v) is 6.74. The number of carbonyl (C=O) groups excluding carboxylic acids is 1. The monoisotopic (exact) mass is 169 g/mol. The molecule has 0 saturated carbocycles. The fourth-order valence-electron chi connectivity index (χ4n) is 0.681. The number of carbonyl (C=O) groups is 1. The van der Waals surface area contributed by atoms with E-state index < -0.39 is 8.81 Å². The van der Waals surface area contributed by atoms with Gasteiger partial charge in [0.15, 0.2) is 0 Å². The van der Waals surface area contributed by atoms with Crippen molar-refractivity contribution in [3.63, 3.8) is 0 Å². The van der Waals surface area contributed by atoms with Crippen molar-refractivity contribution in [2.75, 3.05) is 5.32 Å². The Balaban J connectivity index is 2.58. The summed E-state index contributed by atoms with van der Waals surface area (Å²) in [4.78, 5) is 19.0. The first-order chi connectivity index (χ1) is 5.33. The molecule has 1 atom stereocenters. The molecule has 0 spiro atoms. The SMILES string of the molecule is O=C(Nc1ccccc1)PO. The van der Waals surface area contributed by atoms with Gasteiger partial charge in [0.1, 0.15) is 8.81 Å². The molecular formula is C7H8NO2P. The van der Waals surface area contributed by atoms with Gasteiger partial charge in [-0.25, -0.2) is 0 Å². The quantitative estimate of drug-likeness (QED) is 0.663. The molecule has 3 nitrogen and oxygen atoms in total. The van der Waals surface area contributed by atoms with Crippen LogP contribution in [-0.2, 0) is 0 Å². The van der Waals surface area contributed by atoms with Crippen molar-refractivity contribution in [3.8, 4) is 0 Å². The molecule has 4 heteroatoms. The van der Waals surface area contributed by atoms with E-state index in [-0.39, 0.29) is 5.65 Å². The first-order valence-electron chi connectivity index (χ1n) is 3.09. The Morgan fingerprint density at radius 3 is 2.55 bits per heavy atom. The van der Waals surface area contributed by atoms with Crippen LogP contribution in [0.1, 0.15) is 0 Å². The predicted octanol–water partition coefficient (Wildman–Crippen LogP) is 1.80. The number of benzene rings is 1. The fraction of sp³-hybridized carbons (Fsp3) is 0. The summed E-state index contributed by atoms with van der Waals surface area (Å²) >= 11 is 0. The van der Waals surface area contributed by atoms with E-state index in [0.717, 1.165) is 0 Å². The maximum atomic E-state index is 10.6. The first-order valence-corrected chi connectivity index (χ1v) is 4.04. The molecule has 0 fully saturated rings. The summed E-state index contributed by atoms with van der Waals surface area (Å²) in [6.45, 7) is 0. The largest absolute Gasteiger partial charge is 0.367 e. The van der Waals surface area contributed by atoms with Gasteiger partial charge in [-0.05, 0) is 12.1 Å². The van der Waals surface area contributed by atoms with Crippen molar-refractivity contribution in [1.82, 2.24) is 0 Å². The third-order valence-electron chi connectivity index (χ3n) is 1.13. The number of hydrogen-bond donors (Lipinski definition) is 2. The number of anilines is 1. The minimum Gasteiger partial charge on any atom is -0.367 e. The molecule has 0 aliphatic rings. The Morgan fingerprint density at radius 2 is 2.00 bits per heavy atom. The molecule has 0 heterocycles. The topological polar surface area (TPSA) is 49.3 Å². The van der Waals surface area contributed by atoms with E-state index >= 15 is 0 Å². The third-order valence-corrected chi connectivity index (χ3v) is 1.46. The highest BCUT2D eigenvalue weighted by molar-refractivity contribution is 7.52. The number of rotatable bonds is 2. The van der Waals surface area contributed by atoms with Gasteiger partial charge in [-0.1, -0.05) is 18.2 Å². The van der Waals surface area contributed by atoms with Crippen LogP contribution in [0.5, 0.6) is 0 Å². The van der Waals surface area contributed by atoms with Gasteiger partial charge >= 0.3 is 0 Å². The molecule has 0 radical (unpaired) electrons. The summed E-state index contributed by atoms with van der Waals surface area (Å²) < 4.78 is 0. The summed E-state index contributed by atoms with van der Waals surface area (Å²) in [6, 6.07) is 9.01. The second-order valence-electron chi connectivity index (χ2n) is 1.93. The molecule has 0 bridgehead atoms. The smallest absolute Gasteiger partial charge is 0.269 e. The van der Waals surface area contributed by atoms with Crippen LogP contribution in [0, 0.1) is 0 Å². The normalized spacial score (nSPS) is 10.3. The molecule has 2 N–H and O–H groups in total. The van der Waals surface area contributed by atoms with Crippen LogP contribution in [-0.4, -0.2) is 10.5 Å². The summed E-state index contributed by atoms with van der Waals surface area (Å²) in [7, 11) is -0.693. The van der Waals surface area contributed by atoms with E-state index in [1.54, 1.807) is 12.1 Å². The van der Waals surface area contributed by atoms with Gasteiger partial charge in [-0.15, -0.1) is 0 Å². The van der Waals surface area contributed by atoms with Crippen LogP contribution in [0.25, 0.3) is 0 Å². The standard InChI is InChI=1S/C7H8NO2P/c9-7(11-10)8-6-4-2-1-3-5-6/h1-5,10-11H,(H,8,9). The van der Waals surface area contributed by atoms with E-state index in [1.807, 2.05) is 18.2 Å². The van der Waals surface area contributed by atoms with Crippen LogP contribution in [0.2, 0.25) is 0 Å². The minimum absolute atomic E-state index is 0.365. The second-order valence-corrected chi connectivity index (χ2v) is 2.61. The summed E-state index contributed by atoms with van der Waals surface area (Å²) in [5.41, 5.74) is 0.343. The van der Waals surface area contributed by atoms with Crippen LogP contribution >= 0.6 is 8.81 Å². The zero-order chi connectivity index (χ0) is 8.10. The molecule has 0 aliphatic heterocycles. The fourth-order valence-corrected chi connectivity index (χ4v) is 0.881. The highest BCUT2D eigenvalue weighted by atomic mass is 31.1. The lowest BCUT2D eigenvalue weighted by atomic mass is 10.3. The van der Waals surface area contributed by atoms with Crippen molar-refractivity contribution in [2.45, 2.75) is 0 Å². The molecule has 11 heavy (non-hydrogen) atoms. The second kappa shape index (κ2) is 4.06. The molecule has 0 aromatic heterocycles. The van der Waals surface area contributed by atoms with Crippen LogP contribution in [0.15, 0.2) is 30.3 Å². The van der Waals surface area contributed by atoms with Crippen molar-refractivity contribution < 1.29 is 9.69 Å². The average Bonchev–Trinajstić information content (AvgIpc) is 2.06. The Labute approximate surface area is 66.3 Å².